The highest BCUT2D eigenvalue weighted by molar-refractivity contribution is 8.00. The van der Waals surface area contributed by atoms with Crippen LogP contribution in [0, 0.1) is 5.92 Å². The summed E-state index contributed by atoms with van der Waals surface area (Å²) in [5.41, 5.74) is 1.05. The molecule has 0 radical (unpaired) electrons. The largest absolute Gasteiger partial charge is 0.340 e. The lowest BCUT2D eigenvalue weighted by molar-refractivity contribution is -0.134. The van der Waals surface area contributed by atoms with Gasteiger partial charge in [-0.3, -0.25) is 14.5 Å². The smallest absolute Gasteiger partial charge is 0.241 e. The van der Waals surface area contributed by atoms with Crippen LogP contribution >= 0.6 is 11.8 Å². The van der Waals surface area contributed by atoms with Crippen molar-refractivity contribution in [2.24, 2.45) is 5.92 Å². The SMILES string of the molecule is CC1CCN(C(=O)CN2CCN(C(=O)C3CC3)CC2)c2ccccc2S1. The van der Waals surface area contributed by atoms with Crippen molar-refractivity contribution in [3.05, 3.63) is 24.3 Å². The van der Waals surface area contributed by atoms with Crippen LogP contribution in [0.3, 0.4) is 0 Å². The van der Waals surface area contributed by atoms with Gasteiger partial charge >= 0.3 is 0 Å². The van der Waals surface area contributed by atoms with E-state index in [0.717, 1.165) is 57.7 Å². The molecule has 0 spiro atoms. The van der Waals surface area contributed by atoms with Gasteiger partial charge in [0.15, 0.2) is 0 Å². The summed E-state index contributed by atoms with van der Waals surface area (Å²) in [6, 6.07) is 8.23. The minimum atomic E-state index is 0.175. The van der Waals surface area contributed by atoms with Crippen molar-refractivity contribution in [2.45, 2.75) is 36.3 Å². The van der Waals surface area contributed by atoms with E-state index in [2.05, 4.69) is 24.0 Å². The van der Waals surface area contributed by atoms with Gasteiger partial charge in [-0.25, -0.2) is 0 Å². The molecule has 1 saturated carbocycles. The number of hydrogen-bond acceptors (Lipinski definition) is 4. The highest BCUT2D eigenvalue weighted by Crippen LogP contribution is 2.37. The maximum absolute atomic E-state index is 13.0. The zero-order valence-corrected chi connectivity index (χ0v) is 16.2. The van der Waals surface area contributed by atoms with Gasteiger partial charge in [0.1, 0.15) is 0 Å². The number of carbonyl (C=O) groups excluding carboxylic acids is 2. The Kier molecular flexibility index (Phi) is 5.23. The summed E-state index contributed by atoms with van der Waals surface area (Å²) in [6.07, 6.45) is 3.12. The number of amides is 2. The molecule has 1 aromatic carbocycles. The van der Waals surface area contributed by atoms with Crippen molar-refractivity contribution in [1.82, 2.24) is 9.80 Å². The number of anilines is 1. The third kappa shape index (κ3) is 3.91. The minimum absolute atomic E-state index is 0.175. The Morgan fingerprint density at radius 3 is 2.50 bits per heavy atom. The molecule has 1 aliphatic carbocycles. The summed E-state index contributed by atoms with van der Waals surface area (Å²) in [5.74, 6) is 0.786. The Bertz CT molecular complexity index is 683. The zero-order valence-electron chi connectivity index (χ0n) is 15.4. The lowest BCUT2D eigenvalue weighted by Gasteiger charge is -2.35. The van der Waals surface area contributed by atoms with Gasteiger partial charge in [-0.1, -0.05) is 19.1 Å². The lowest BCUT2D eigenvalue weighted by atomic mass is 10.2. The Morgan fingerprint density at radius 2 is 1.77 bits per heavy atom. The number of rotatable bonds is 3. The highest BCUT2D eigenvalue weighted by Gasteiger charge is 2.35. The van der Waals surface area contributed by atoms with Crippen molar-refractivity contribution < 1.29 is 9.59 Å². The number of piperazine rings is 1. The lowest BCUT2D eigenvalue weighted by Crippen LogP contribution is -2.52. The molecule has 0 aromatic heterocycles. The molecule has 2 aliphatic heterocycles. The first kappa shape index (κ1) is 17.9. The van der Waals surface area contributed by atoms with Crippen LogP contribution in [0.2, 0.25) is 0 Å². The fraction of sp³-hybridized carbons (Fsp3) is 0.600. The van der Waals surface area contributed by atoms with E-state index in [1.807, 2.05) is 33.7 Å². The summed E-state index contributed by atoms with van der Waals surface area (Å²) < 4.78 is 0. The third-order valence-corrected chi connectivity index (χ3v) is 6.75. The fourth-order valence-corrected chi connectivity index (χ4v) is 4.85. The standard InChI is InChI=1S/C20H27N3O2S/c1-15-8-9-23(17-4-2-3-5-18(17)26-15)19(24)14-21-10-12-22(13-11-21)20(25)16-6-7-16/h2-5,15-16H,6-14H2,1H3. The van der Waals surface area contributed by atoms with Crippen molar-refractivity contribution in [1.29, 1.82) is 0 Å². The van der Waals surface area contributed by atoms with Gasteiger partial charge < -0.3 is 9.80 Å². The van der Waals surface area contributed by atoms with E-state index < -0.39 is 0 Å². The van der Waals surface area contributed by atoms with Gasteiger partial charge in [0, 0.05) is 48.8 Å². The molecule has 1 unspecified atom stereocenters. The average molecular weight is 374 g/mol. The molecule has 4 rings (SSSR count). The van der Waals surface area contributed by atoms with Gasteiger partial charge in [0.2, 0.25) is 11.8 Å². The second kappa shape index (κ2) is 7.61. The molecular formula is C20H27N3O2S. The van der Waals surface area contributed by atoms with Crippen LogP contribution in [0.5, 0.6) is 0 Å². The second-order valence-electron chi connectivity index (χ2n) is 7.61. The summed E-state index contributed by atoms with van der Waals surface area (Å²) in [6.45, 7) is 6.56. The van der Waals surface area contributed by atoms with E-state index in [4.69, 9.17) is 0 Å². The number of para-hydroxylation sites is 1. The van der Waals surface area contributed by atoms with Crippen LogP contribution in [-0.4, -0.2) is 66.1 Å². The quantitative estimate of drug-likeness (QED) is 0.816. The highest BCUT2D eigenvalue weighted by atomic mass is 32.2. The monoisotopic (exact) mass is 373 g/mol. The topological polar surface area (TPSA) is 43.9 Å². The molecular weight excluding hydrogens is 346 g/mol. The van der Waals surface area contributed by atoms with Crippen LogP contribution in [0.25, 0.3) is 0 Å². The average Bonchev–Trinajstić information content (AvgIpc) is 3.49. The summed E-state index contributed by atoms with van der Waals surface area (Å²) in [4.78, 5) is 32.5. The van der Waals surface area contributed by atoms with Gasteiger partial charge in [-0.05, 0) is 31.4 Å². The van der Waals surface area contributed by atoms with Crippen molar-refractivity contribution in [3.8, 4) is 0 Å². The summed E-state index contributed by atoms with van der Waals surface area (Å²) >= 11 is 1.86. The van der Waals surface area contributed by atoms with E-state index in [1.165, 1.54) is 4.90 Å². The number of carbonyl (C=O) groups is 2. The van der Waals surface area contributed by atoms with E-state index in [1.54, 1.807) is 0 Å². The van der Waals surface area contributed by atoms with Gasteiger partial charge in [-0.2, -0.15) is 0 Å². The van der Waals surface area contributed by atoms with E-state index in [9.17, 15) is 9.59 Å². The number of hydrogen-bond donors (Lipinski definition) is 0. The van der Waals surface area contributed by atoms with Crippen molar-refractivity contribution in [3.63, 3.8) is 0 Å². The fourth-order valence-electron chi connectivity index (χ4n) is 3.74. The molecule has 2 heterocycles. The minimum Gasteiger partial charge on any atom is -0.340 e. The first-order valence-electron chi connectivity index (χ1n) is 9.69. The van der Waals surface area contributed by atoms with E-state index in [-0.39, 0.29) is 11.8 Å². The first-order chi connectivity index (χ1) is 12.6. The Balaban J connectivity index is 1.37. The molecule has 1 saturated heterocycles. The van der Waals surface area contributed by atoms with Crippen LogP contribution in [-0.2, 0) is 9.59 Å². The molecule has 26 heavy (non-hydrogen) atoms. The zero-order chi connectivity index (χ0) is 18.1. The van der Waals surface area contributed by atoms with Crippen LogP contribution < -0.4 is 4.90 Å². The molecule has 2 fully saturated rings. The maximum Gasteiger partial charge on any atom is 0.241 e. The molecule has 6 heteroatoms. The van der Waals surface area contributed by atoms with E-state index in [0.29, 0.717) is 17.7 Å². The Labute approximate surface area is 159 Å². The normalized spacial score (nSPS) is 24.1. The first-order valence-corrected chi connectivity index (χ1v) is 10.6. The maximum atomic E-state index is 13.0. The predicted octanol–water partition coefficient (Wildman–Crippen LogP) is 2.46. The summed E-state index contributed by atoms with van der Waals surface area (Å²) in [7, 11) is 0. The van der Waals surface area contributed by atoms with Gasteiger partial charge in [0.05, 0.1) is 12.2 Å². The molecule has 3 aliphatic rings. The molecule has 1 aromatic rings. The second-order valence-corrected chi connectivity index (χ2v) is 9.09. The Morgan fingerprint density at radius 1 is 1.04 bits per heavy atom. The van der Waals surface area contributed by atoms with E-state index >= 15 is 0 Å². The van der Waals surface area contributed by atoms with Crippen LogP contribution in [0.15, 0.2) is 29.2 Å². The molecule has 1 atom stereocenters. The molecule has 2 amide bonds. The van der Waals surface area contributed by atoms with Gasteiger partial charge in [-0.15, -0.1) is 11.8 Å². The number of nitrogens with zero attached hydrogens (tertiary/aromatic N) is 3. The molecule has 5 nitrogen and oxygen atoms in total. The third-order valence-electron chi connectivity index (χ3n) is 5.51. The van der Waals surface area contributed by atoms with Crippen molar-refractivity contribution >= 4 is 29.3 Å². The summed E-state index contributed by atoms with van der Waals surface area (Å²) in [5, 5.41) is 0.519. The molecule has 140 valence electrons. The number of fused-ring (bicyclic) bond motifs is 1. The van der Waals surface area contributed by atoms with Crippen LogP contribution in [0.1, 0.15) is 26.2 Å². The van der Waals surface area contributed by atoms with Crippen molar-refractivity contribution in [2.75, 3.05) is 44.2 Å². The number of thioether (sulfide) groups is 1. The predicted molar refractivity (Wildman–Crippen MR) is 104 cm³/mol. The number of benzene rings is 1. The molecule has 0 bridgehead atoms. The Hall–Kier alpha value is -1.53. The van der Waals surface area contributed by atoms with Crippen LogP contribution in [0.4, 0.5) is 5.69 Å². The molecule has 0 N–H and O–H groups in total. The van der Waals surface area contributed by atoms with Gasteiger partial charge in [0.25, 0.3) is 0 Å².